The van der Waals surface area contributed by atoms with E-state index in [0.29, 0.717) is 17.4 Å². The molecular formula is C15H17N5O2S. The number of carbonyl (C=O) groups excluding carboxylic acids is 2. The number of carbonyl (C=O) groups is 2. The molecule has 1 aliphatic rings. The Morgan fingerprint density at radius 3 is 2.74 bits per heavy atom. The molecule has 1 aromatic carbocycles. The van der Waals surface area contributed by atoms with Gasteiger partial charge in [-0.1, -0.05) is 17.8 Å². The van der Waals surface area contributed by atoms with E-state index >= 15 is 0 Å². The molecule has 0 unspecified atom stereocenters. The second-order valence-electron chi connectivity index (χ2n) is 5.35. The molecule has 7 nitrogen and oxygen atoms in total. The molecule has 3 rings (SSSR count). The van der Waals surface area contributed by atoms with Gasteiger partial charge in [0.25, 0.3) is 0 Å². The summed E-state index contributed by atoms with van der Waals surface area (Å²) in [5.41, 5.74) is 1.29. The first kappa shape index (κ1) is 15.5. The van der Waals surface area contributed by atoms with Crippen LogP contribution in [0.2, 0.25) is 0 Å². The summed E-state index contributed by atoms with van der Waals surface area (Å²) in [6.07, 6.45) is 4.01. The van der Waals surface area contributed by atoms with Gasteiger partial charge in [0.05, 0.1) is 5.75 Å². The average molecular weight is 331 g/mol. The van der Waals surface area contributed by atoms with Gasteiger partial charge >= 0.3 is 0 Å². The monoisotopic (exact) mass is 331 g/mol. The van der Waals surface area contributed by atoms with E-state index in [0.717, 1.165) is 18.0 Å². The molecule has 2 N–H and O–H groups in total. The van der Waals surface area contributed by atoms with E-state index in [1.165, 1.54) is 18.7 Å². The summed E-state index contributed by atoms with van der Waals surface area (Å²) in [5, 5.41) is 14.2. The maximum atomic E-state index is 12.1. The zero-order valence-electron chi connectivity index (χ0n) is 12.7. The summed E-state index contributed by atoms with van der Waals surface area (Å²) in [6, 6.07) is 7.53. The lowest BCUT2D eigenvalue weighted by atomic mass is 10.2. The zero-order valence-corrected chi connectivity index (χ0v) is 13.5. The molecule has 1 saturated carbocycles. The number of hydrogen-bond donors (Lipinski definition) is 2. The zero-order chi connectivity index (χ0) is 16.2. The van der Waals surface area contributed by atoms with Crippen molar-refractivity contribution in [2.24, 2.45) is 0 Å². The molecule has 1 fully saturated rings. The van der Waals surface area contributed by atoms with Crippen LogP contribution in [0.5, 0.6) is 0 Å². The molecule has 0 bridgehead atoms. The van der Waals surface area contributed by atoms with Crippen LogP contribution in [-0.4, -0.2) is 32.3 Å². The van der Waals surface area contributed by atoms with Gasteiger partial charge in [-0.2, -0.15) is 0 Å². The van der Waals surface area contributed by atoms with E-state index in [-0.39, 0.29) is 17.6 Å². The molecule has 0 aliphatic heterocycles. The first-order valence-electron chi connectivity index (χ1n) is 7.31. The smallest absolute Gasteiger partial charge is 0.234 e. The largest absolute Gasteiger partial charge is 0.326 e. The van der Waals surface area contributed by atoms with E-state index in [4.69, 9.17) is 0 Å². The third-order valence-electron chi connectivity index (χ3n) is 3.28. The summed E-state index contributed by atoms with van der Waals surface area (Å²) in [4.78, 5) is 23.1. The molecule has 0 saturated heterocycles. The normalized spacial score (nSPS) is 13.6. The lowest BCUT2D eigenvalue weighted by Gasteiger charge is -2.08. The Morgan fingerprint density at radius 2 is 2.04 bits per heavy atom. The summed E-state index contributed by atoms with van der Waals surface area (Å²) < 4.78 is 2.02. The van der Waals surface area contributed by atoms with Crippen LogP contribution in [0.4, 0.5) is 11.4 Å². The van der Waals surface area contributed by atoms with Crippen molar-refractivity contribution in [3.05, 3.63) is 30.6 Å². The number of hydrogen-bond acceptors (Lipinski definition) is 5. The van der Waals surface area contributed by atoms with Crippen molar-refractivity contribution in [1.29, 1.82) is 0 Å². The van der Waals surface area contributed by atoms with Crippen molar-refractivity contribution >= 4 is 35.0 Å². The number of aromatic nitrogens is 3. The number of rotatable bonds is 6. The number of nitrogens with zero attached hydrogens (tertiary/aromatic N) is 3. The minimum atomic E-state index is -0.150. The van der Waals surface area contributed by atoms with Crippen LogP contribution >= 0.6 is 11.8 Å². The quantitative estimate of drug-likeness (QED) is 0.793. The lowest BCUT2D eigenvalue weighted by molar-refractivity contribution is -0.114. The summed E-state index contributed by atoms with van der Waals surface area (Å²) >= 11 is 1.37. The molecule has 120 valence electrons. The van der Waals surface area contributed by atoms with Gasteiger partial charge in [0.1, 0.15) is 6.33 Å². The SMILES string of the molecule is CC(=O)Nc1cccc(NC(=O)CSc2nncn2C2CC2)c1. The standard InChI is InChI=1S/C15H17N5O2S/c1-10(21)17-11-3-2-4-12(7-11)18-14(22)8-23-15-19-16-9-20(15)13-5-6-13/h2-4,7,9,13H,5-6,8H2,1H3,(H,17,21)(H,18,22). The van der Waals surface area contributed by atoms with Crippen molar-refractivity contribution in [3.63, 3.8) is 0 Å². The summed E-state index contributed by atoms with van der Waals surface area (Å²) in [5.74, 6) is -0.0146. The Morgan fingerprint density at radius 1 is 1.30 bits per heavy atom. The highest BCUT2D eigenvalue weighted by Crippen LogP contribution is 2.37. The molecular weight excluding hydrogens is 314 g/mol. The number of amides is 2. The van der Waals surface area contributed by atoms with Gasteiger partial charge in [-0.05, 0) is 31.0 Å². The van der Waals surface area contributed by atoms with Crippen molar-refractivity contribution in [2.45, 2.75) is 31.0 Å². The van der Waals surface area contributed by atoms with Crippen LogP contribution in [-0.2, 0) is 9.59 Å². The van der Waals surface area contributed by atoms with E-state index in [2.05, 4.69) is 20.8 Å². The van der Waals surface area contributed by atoms with E-state index in [9.17, 15) is 9.59 Å². The Balaban J connectivity index is 1.54. The molecule has 2 amide bonds. The first-order valence-corrected chi connectivity index (χ1v) is 8.30. The van der Waals surface area contributed by atoms with Crippen LogP contribution in [0.1, 0.15) is 25.8 Å². The van der Waals surface area contributed by atoms with Gasteiger partial charge in [-0.15, -0.1) is 10.2 Å². The highest BCUT2D eigenvalue weighted by Gasteiger charge is 2.26. The Hall–Kier alpha value is -2.35. The highest BCUT2D eigenvalue weighted by molar-refractivity contribution is 7.99. The van der Waals surface area contributed by atoms with Crippen LogP contribution in [0.15, 0.2) is 35.7 Å². The third-order valence-corrected chi connectivity index (χ3v) is 4.24. The molecule has 0 radical (unpaired) electrons. The van der Waals surface area contributed by atoms with Crippen molar-refractivity contribution in [3.8, 4) is 0 Å². The number of benzene rings is 1. The minimum Gasteiger partial charge on any atom is -0.326 e. The van der Waals surface area contributed by atoms with Gasteiger partial charge in [-0.3, -0.25) is 9.59 Å². The fourth-order valence-electron chi connectivity index (χ4n) is 2.14. The second kappa shape index (κ2) is 6.82. The van der Waals surface area contributed by atoms with Gasteiger partial charge in [0.15, 0.2) is 5.16 Å². The first-order chi connectivity index (χ1) is 11.1. The summed E-state index contributed by atoms with van der Waals surface area (Å²) in [6.45, 7) is 1.44. The third kappa shape index (κ3) is 4.32. The molecule has 1 aliphatic carbocycles. The fourth-order valence-corrected chi connectivity index (χ4v) is 2.93. The van der Waals surface area contributed by atoms with Crippen LogP contribution in [0.3, 0.4) is 0 Å². The van der Waals surface area contributed by atoms with Crippen LogP contribution in [0.25, 0.3) is 0 Å². The maximum Gasteiger partial charge on any atom is 0.234 e. The van der Waals surface area contributed by atoms with Gasteiger partial charge in [0.2, 0.25) is 11.8 Å². The Labute approximate surface area is 137 Å². The lowest BCUT2D eigenvalue weighted by Crippen LogP contribution is -2.15. The topological polar surface area (TPSA) is 88.9 Å². The predicted molar refractivity (Wildman–Crippen MR) is 88.4 cm³/mol. The highest BCUT2D eigenvalue weighted by atomic mass is 32.2. The Bertz CT molecular complexity index is 726. The number of thioether (sulfide) groups is 1. The fraction of sp³-hybridized carbons (Fsp3) is 0.333. The molecule has 0 spiro atoms. The van der Waals surface area contributed by atoms with Crippen molar-refractivity contribution in [2.75, 3.05) is 16.4 Å². The van der Waals surface area contributed by atoms with Crippen LogP contribution < -0.4 is 10.6 Å². The van der Waals surface area contributed by atoms with Crippen LogP contribution in [0, 0.1) is 0 Å². The van der Waals surface area contributed by atoms with Gasteiger partial charge < -0.3 is 15.2 Å². The minimum absolute atomic E-state index is 0.125. The maximum absolute atomic E-state index is 12.1. The predicted octanol–water partition coefficient (Wildman–Crippen LogP) is 2.30. The van der Waals surface area contributed by atoms with Gasteiger partial charge in [-0.25, -0.2) is 0 Å². The van der Waals surface area contributed by atoms with Crippen molar-refractivity contribution < 1.29 is 9.59 Å². The van der Waals surface area contributed by atoms with E-state index in [1.807, 2.05) is 4.57 Å². The molecule has 1 aromatic heterocycles. The Kier molecular flexibility index (Phi) is 4.61. The van der Waals surface area contributed by atoms with Crippen molar-refractivity contribution in [1.82, 2.24) is 14.8 Å². The molecule has 23 heavy (non-hydrogen) atoms. The second-order valence-corrected chi connectivity index (χ2v) is 6.29. The molecule has 2 aromatic rings. The van der Waals surface area contributed by atoms with E-state index < -0.39 is 0 Å². The molecule has 8 heteroatoms. The molecule has 1 heterocycles. The number of nitrogens with one attached hydrogen (secondary N) is 2. The van der Waals surface area contributed by atoms with E-state index in [1.54, 1.807) is 30.6 Å². The average Bonchev–Trinajstić information content (AvgIpc) is 3.23. The molecule has 0 atom stereocenters. The number of anilines is 2. The van der Waals surface area contributed by atoms with Gasteiger partial charge in [0, 0.05) is 24.3 Å². The summed E-state index contributed by atoms with van der Waals surface area (Å²) in [7, 11) is 0.